The van der Waals surface area contributed by atoms with Crippen molar-refractivity contribution in [3.8, 4) is 28.4 Å². The molecule has 0 radical (unpaired) electrons. The highest BCUT2D eigenvalue weighted by Gasteiger charge is 2.22. The average Bonchev–Trinajstić information content (AvgIpc) is 3.15. The molecule has 2 aromatic carbocycles. The zero-order valence-electron chi connectivity index (χ0n) is 14.8. The van der Waals surface area contributed by atoms with Crippen LogP contribution in [0.4, 0.5) is 5.82 Å². The molecule has 0 amide bonds. The van der Waals surface area contributed by atoms with E-state index in [4.69, 9.17) is 20.4 Å². The Morgan fingerprint density at radius 3 is 2.42 bits per heavy atom. The molecule has 0 bridgehead atoms. The Hall–Kier alpha value is -2.92. The van der Waals surface area contributed by atoms with Crippen LogP contribution in [0, 0.1) is 0 Å². The summed E-state index contributed by atoms with van der Waals surface area (Å²) in [5.74, 6) is 2.46. The van der Waals surface area contributed by atoms with E-state index in [0.29, 0.717) is 5.82 Å². The number of anilines is 1. The highest BCUT2D eigenvalue weighted by Crippen LogP contribution is 2.28. The Morgan fingerprint density at radius 2 is 1.77 bits per heavy atom. The van der Waals surface area contributed by atoms with Gasteiger partial charge in [-0.05, 0) is 30.7 Å². The molecular weight excluding hydrogens is 324 g/mol. The fourth-order valence-electron chi connectivity index (χ4n) is 3.22. The van der Waals surface area contributed by atoms with Gasteiger partial charge in [-0.2, -0.15) is 0 Å². The maximum absolute atomic E-state index is 6.09. The van der Waals surface area contributed by atoms with E-state index in [2.05, 4.69) is 23.1 Å². The summed E-state index contributed by atoms with van der Waals surface area (Å²) in [4.78, 5) is 11.9. The Balaban J connectivity index is 1.79. The van der Waals surface area contributed by atoms with Crippen LogP contribution in [0.1, 0.15) is 6.42 Å². The zero-order chi connectivity index (χ0) is 17.9. The number of methoxy groups -OCH3 is 1. The molecule has 3 aromatic rings. The summed E-state index contributed by atoms with van der Waals surface area (Å²) in [5, 5.41) is 0. The Kier molecular flexibility index (Phi) is 4.54. The predicted octanol–water partition coefficient (Wildman–Crippen LogP) is 3.36. The number of nitrogens with zero attached hydrogens (tertiary/aromatic N) is 3. The second-order valence-corrected chi connectivity index (χ2v) is 6.52. The fourth-order valence-corrected chi connectivity index (χ4v) is 3.22. The molecule has 0 spiro atoms. The van der Waals surface area contributed by atoms with E-state index in [-0.39, 0.29) is 6.04 Å². The summed E-state index contributed by atoms with van der Waals surface area (Å²) in [5.41, 5.74) is 9.06. The fraction of sp³-hybridized carbons (Fsp3) is 0.238. The third kappa shape index (κ3) is 3.39. The lowest BCUT2D eigenvalue weighted by atomic mass is 10.1. The SMILES string of the molecule is COc1ccc(-c2nc(-c3ccccc3)cc(N3CCC(N)C3)n2)cc1. The smallest absolute Gasteiger partial charge is 0.162 e. The van der Waals surface area contributed by atoms with Crippen LogP contribution in [0.2, 0.25) is 0 Å². The van der Waals surface area contributed by atoms with Gasteiger partial charge in [0, 0.05) is 36.3 Å². The molecule has 1 fully saturated rings. The van der Waals surface area contributed by atoms with Gasteiger partial charge in [0.05, 0.1) is 12.8 Å². The van der Waals surface area contributed by atoms with Crippen LogP contribution >= 0.6 is 0 Å². The summed E-state index contributed by atoms with van der Waals surface area (Å²) in [6.07, 6.45) is 0.989. The van der Waals surface area contributed by atoms with Crippen molar-refractivity contribution in [3.05, 3.63) is 60.7 Å². The van der Waals surface area contributed by atoms with E-state index in [1.54, 1.807) is 7.11 Å². The molecule has 1 saturated heterocycles. The van der Waals surface area contributed by atoms with Crippen LogP contribution in [-0.2, 0) is 0 Å². The molecule has 4 rings (SSSR count). The lowest BCUT2D eigenvalue weighted by molar-refractivity contribution is 0.415. The molecule has 1 aliphatic heterocycles. The largest absolute Gasteiger partial charge is 0.497 e. The molecule has 0 saturated carbocycles. The van der Waals surface area contributed by atoms with Gasteiger partial charge in [-0.25, -0.2) is 9.97 Å². The van der Waals surface area contributed by atoms with Gasteiger partial charge in [-0.3, -0.25) is 0 Å². The summed E-state index contributed by atoms with van der Waals surface area (Å²) in [7, 11) is 1.66. The minimum absolute atomic E-state index is 0.203. The van der Waals surface area contributed by atoms with E-state index in [1.807, 2.05) is 42.5 Å². The van der Waals surface area contributed by atoms with Crippen LogP contribution in [0.5, 0.6) is 5.75 Å². The van der Waals surface area contributed by atoms with Crippen molar-refractivity contribution in [1.82, 2.24) is 9.97 Å². The van der Waals surface area contributed by atoms with Crippen molar-refractivity contribution in [2.24, 2.45) is 5.73 Å². The van der Waals surface area contributed by atoms with Gasteiger partial charge in [0.25, 0.3) is 0 Å². The highest BCUT2D eigenvalue weighted by molar-refractivity contribution is 5.68. The second-order valence-electron chi connectivity index (χ2n) is 6.52. The molecule has 0 aliphatic carbocycles. The number of hydrogen-bond acceptors (Lipinski definition) is 5. The third-order valence-corrected chi connectivity index (χ3v) is 4.68. The van der Waals surface area contributed by atoms with Crippen molar-refractivity contribution in [2.45, 2.75) is 12.5 Å². The van der Waals surface area contributed by atoms with Gasteiger partial charge in [0.2, 0.25) is 0 Å². The normalized spacial score (nSPS) is 16.7. The summed E-state index contributed by atoms with van der Waals surface area (Å²) < 4.78 is 5.25. The molecule has 1 aromatic heterocycles. The topological polar surface area (TPSA) is 64.3 Å². The molecule has 26 heavy (non-hydrogen) atoms. The zero-order valence-corrected chi connectivity index (χ0v) is 14.8. The van der Waals surface area contributed by atoms with Crippen molar-refractivity contribution in [2.75, 3.05) is 25.1 Å². The van der Waals surface area contributed by atoms with Crippen LogP contribution in [-0.4, -0.2) is 36.2 Å². The predicted molar refractivity (Wildman–Crippen MR) is 104 cm³/mol. The summed E-state index contributed by atoms with van der Waals surface area (Å²) >= 11 is 0. The van der Waals surface area contributed by atoms with Crippen LogP contribution < -0.4 is 15.4 Å². The van der Waals surface area contributed by atoms with Gasteiger partial charge in [0.1, 0.15) is 11.6 Å². The summed E-state index contributed by atoms with van der Waals surface area (Å²) in [6.45, 7) is 1.75. The molecule has 5 nitrogen and oxygen atoms in total. The highest BCUT2D eigenvalue weighted by atomic mass is 16.5. The van der Waals surface area contributed by atoms with Crippen LogP contribution in [0.3, 0.4) is 0 Å². The molecular formula is C21H22N4O. The number of aromatic nitrogens is 2. The number of benzene rings is 2. The van der Waals surface area contributed by atoms with Crippen molar-refractivity contribution < 1.29 is 4.74 Å². The number of hydrogen-bond donors (Lipinski definition) is 1. The molecule has 132 valence electrons. The van der Waals surface area contributed by atoms with Gasteiger partial charge in [-0.15, -0.1) is 0 Å². The third-order valence-electron chi connectivity index (χ3n) is 4.68. The van der Waals surface area contributed by atoms with Crippen LogP contribution in [0.25, 0.3) is 22.6 Å². The standard InChI is InChI=1S/C21H22N4O/c1-26-18-9-7-16(8-10-18)21-23-19(15-5-3-2-4-6-15)13-20(24-21)25-12-11-17(22)14-25/h2-10,13,17H,11-12,14,22H2,1H3. The first-order valence-electron chi connectivity index (χ1n) is 8.82. The second kappa shape index (κ2) is 7.14. The van der Waals surface area contributed by atoms with Crippen LogP contribution in [0.15, 0.2) is 60.7 Å². The minimum Gasteiger partial charge on any atom is -0.497 e. The Labute approximate surface area is 153 Å². The van der Waals surface area contributed by atoms with Gasteiger partial charge >= 0.3 is 0 Å². The molecule has 1 atom stereocenters. The lowest BCUT2D eigenvalue weighted by Gasteiger charge is -2.19. The molecule has 1 aliphatic rings. The van der Waals surface area contributed by atoms with Crippen molar-refractivity contribution >= 4 is 5.82 Å². The van der Waals surface area contributed by atoms with Crippen molar-refractivity contribution in [3.63, 3.8) is 0 Å². The van der Waals surface area contributed by atoms with E-state index in [1.165, 1.54) is 0 Å². The first-order chi connectivity index (χ1) is 12.7. The van der Waals surface area contributed by atoms with Gasteiger partial charge in [0.15, 0.2) is 5.82 Å². The first-order valence-corrected chi connectivity index (χ1v) is 8.82. The van der Waals surface area contributed by atoms with E-state index in [9.17, 15) is 0 Å². The first kappa shape index (κ1) is 16.5. The van der Waals surface area contributed by atoms with E-state index < -0.39 is 0 Å². The Morgan fingerprint density at radius 1 is 1.00 bits per heavy atom. The maximum Gasteiger partial charge on any atom is 0.162 e. The number of ether oxygens (including phenoxy) is 1. The average molecular weight is 346 g/mol. The molecule has 2 heterocycles. The number of nitrogens with two attached hydrogens (primary N) is 1. The molecule has 5 heteroatoms. The monoisotopic (exact) mass is 346 g/mol. The maximum atomic E-state index is 6.09. The Bertz CT molecular complexity index is 880. The molecule has 1 unspecified atom stereocenters. The van der Waals surface area contributed by atoms with E-state index in [0.717, 1.165) is 47.9 Å². The molecule has 2 N–H and O–H groups in total. The van der Waals surface area contributed by atoms with E-state index >= 15 is 0 Å². The number of rotatable bonds is 4. The van der Waals surface area contributed by atoms with Crippen molar-refractivity contribution in [1.29, 1.82) is 0 Å². The lowest BCUT2D eigenvalue weighted by Crippen LogP contribution is -2.27. The van der Waals surface area contributed by atoms with Gasteiger partial charge < -0.3 is 15.4 Å². The van der Waals surface area contributed by atoms with Gasteiger partial charge in [-0.1, -0.05) is 30.3 Å². The summed E-state index contributed by atoms with van der Waals surface area (Å²) in [6, 6.07) is 20.3. The quantitative estimate of drug-likeness (QED) is 0.785. The minimum atomic E-state index is 0.203.